The molecule has 0 aromatic carbocycles. The Balaban J connectivity index is 0.000000314. The van der Waals surface area contributed by atoms with Gasteiger partial charge in [-0.25, -0.2) is 13.2 Å². The van der Waals surface area contributed by atoms with E-state index in [0.717, 1.165) is 6.42 Å². The van der Waals surface area contributed by atoms with Crippen molar-refractivity contribution in [2.45, 2.75) is 97.9 Å². The van der Waals surface area contributed by atoms with E-state index in [0.29, 0.717) is 24.6 Å². The zero-order chi connectivity index (χ0) is 23.3. The van der Waals surface area contributed by atoms with Crippen LogP contribution >= 0.6 is 0 Å². The van der Waals surface area contributed by atoms with E-state index in [1.807, 2.05) is 0 Å². The monoisotopic (exact) mass is 463 g/mol. The van der Waals surface area contributed by atoms with Gasteiger partial charge in [0.15, 0.2) is 0 Å². The summed E-state index contributed by atoms with van der Waals surface area (Å²) < 4.78 is 36.5. The summed E-state index contributed by atoms with van der Waals surface area (Å²) in [6, 6.07) is -0.841. The average Bonchev–Trinajstić information content (AvgIpc) is 2.94. The van der Waals surface area contributed by atoms with Gasteiger partial charge in [-0.05, 0) is 38.5 Å². The highest BCUT2D eigenvalue weighted by molar-refractivity contribution is 7.80. The van der Waals surface area contributed by atoms with Gasteiger partial charge in [0.25, 0.3) is 0 Å². The number of hydrogen-bond donors (Lipinski definition) is 0. The van der Waals surface area contributed by atoms with Crippen molar-refractivity contribution < 1.29 is 26.5 Å². The molecule has 2 rings (SSSR count). The van der Waals surface area contributed by atoms with Crippen LogP contribution in [0, 0.1) is 0 Å². The molecule has 0 aromatic rings. The molecule has 2 amide bonds. The molecule has 0 aromatic heterocycles. The fourth-order valence-corrected chi connectivity index (χ4v) is 4.83. The van der Waals surface area contributed by atoms with Crippen LogP contribution in [-0.4, -0.2) is 78.8 Å². The summed E-state index contributed by atoms with van der Waals surface area (Å²) in [5.41, 5.74) is 0. The number of fused-ring (bicyclic) bond motifs is 2. The Morgan fingerprint density at radius 2 is 1.39 bits per heavy atom. The Morgan fingerprint density at radius 3 is 1.74 bits per heavy atom. The van der Waals surface area contributed by atoms with Crippen LogP contribution in [0.15, 0.2) is 0 Å². The lowest BCUT2D eigenvalue weighted by atomic mass is 10.1. The van der Waals surface area contributed by atoms with Crippen LogP contribution in [-0.2, 0) is 14.7 Å². The fraction of sp³-hybridized carbons (Fsp3) is 0.955. The van der Waals surface area contributed by atoms with Crippen molar-refractivity contribution in [3.8, 4) is 0 Å². The lowest BCUT2D eigenvalue weighted by Gasteiger charge is -2.39. The SMILES string of the molecule is CCCC[N+](CCCC)(CCCC)CCCC.O=C1N2CCC[C@@H](C2)N1OS(=O)(=O)[O-]. The Labute approximate surface area is 190 Å². The number of hydroxylamine groups is 2. The molecule has 2 aliphatic rings. The normalized spacial score (nSPS) is 18.9. The molecule has 0 N–H and O–H groups in total. The molecule has 9 heteroatoms. The van der Waals surface area contributed by atoms with E-state index in [1.54, 1.807) is 0 Å². The molecule has 2 fully saturated rings. The number of unbranched alkanes of at least 4 members (excludes halogenated alkanes) is 4. The van der Waals surface area contributed by atoms with E-state index in [9.17, 15) is 17.8 Å². The standard InChI is InChI=1S/C16H36N.C6H10N2O5S/c1-5-9-13-17(14-10-6-2,15-11-7-3)16-12-8-4;9-6-7-3-1-2-5(4-7)8(6)13-14(10,11)12/h5-16H2,1-4H3;5H,1-4H2,(H,10,11,12)/q+1;/p-1/t;5-/m.0/s1. The maximum atomic E-state index is 11.4. The van der Waals surface area contributed by atoms with Crippen molar-refractivity contribution in [1.29, 1.82) is 0 Å². The van der Waals surface area contributed by atoms with Crippen LogP contribution in [0.3, 0.4) is 0 Å². The molecule has 2 saturated heterocycles. The van der Waals surface area contributed by atoms with E-state index in [1.165, 1.54) is 86.9 Å². The number of urea groups is 1. The molecular weight excluding hydrogens is 418 g/mol. The number of nitrogens with zero attached hydrogens (tertiary/aromatic N) is 3. The van der Waals surface area contributed by atoms with Crippen LogP contribution in [0.25, 0.3) is 0 Å². The summed E-state index contributed by atoms with van der Waals surface area (Å²) in [4.78, 5) is 12.9. The number of hydrogen-bond acceptors (Lipinski definition) is 5. The highest BCUT2D eigenvalue weighted by atomic mass is 32.3. The number of amides is 2. The van der Waals surface area contributed by atoms with Gasteiger partial charge >= 0.3 is 6.03 Å². The first-order valence-electron chi connectivity index (χ1n) is 12.3. The largest absolute Gasteiger partial charge is 0.724 e. The van der Waals surface area contributed by atoms with Crippen LogP contribution in [0.4, 0.5) is 4.79 Å². The van der Waals surface area contributed by atoms with Crippen LogP contribution in [0.1, 0.15) is 91.9 Å². The second kappa shape index (κ2) is 14.3. The summed E-state index contributed by atoms with van der Waals surface area (Å²) in [6.45, 7) is 16.0. The average molecular weight is 464 g/mol. The summed E-state index contributed by atoms with van der Waals surface area (Å²) >= 11 is 0. The second-order valence-electron chi connectivity index (χ2n) is 8.98. The van der Waals surface area contributed by atoms with Gasteiger partial charge in [0, 0.05) is 13.1 Å². The van der Waals surface area contributed by atoms with Crippen molar-refractivity contribution in [3.05, 3.63) is 0 Å². The van der Waals surface area contributed by atoms with Crippen molar-refractivity contribution in [3.63, 3.8) is 0 Å². The maximum absolute atomic E-state index is 11.4. The summed E-state index contributed by atoms with van der Waals surface area (Å²) in [7, 11) is -4.85. The molecular formula is C22H45N3O5S. The van der Waals surface area contributed by atoms with E-state index in [-0.39, 0.29) is 6.04 Å². The first-order valence-corrected chi connectivity index (χ1v) is 13.6. The zero-order valence-electron chi connectivity index (χ0n) is 20.2. The molecule has 184 valence electrons. The van der Waals surface area contributed by atoms with E-state index >= 15 is 0 Å². The predicted octanol–water partition coefficient (Wildman–Crippen LogP) is 4.28. The van der Waals surface area contributed by atoms with Crippen molar-refractivity contribution in [1.82, 2.24) is 9.96 Å². The molecule has 0 saturated carbocycles. The minimum Gasteiger partial charge on any atom is -0.724 e. The molecule has 31 heavy (non-hydrogen) atoms. The quantitative estimate of drug-likeness (QED) is 0.218. The molecule has 0 aliphatic carbocycles. The lowest BCUT2D eigenvalue weighted by molar-refractivity contribution is -0.929. The Bertz CT molecular complexity index is 577. The fourth-order valence-electron chi connectivity index (χ4n) is 4.45. The molecule has 2 bridgehead atoms. The summed E-state index contributed by atoms with van der Waals surface area (Å²) in [5.74, 6) is 0. The third kappa shape index (κ3) is 10.1. The van der Waals surface area contributed by atoms with Crippen molar-refractivity contribution in [2.24, 2.45) is 0 Å². The molecule has 0 radical (unpaired) electrons. The summed E-state index contributed by atoms with van der Waals surface area (Å²) in [5, 5.41) is 0.676. The van der Waals surface area contributed by atoms with Gasteiger partial charge in [-0.3, -0.25) is 0 Å². The molecule has 1 atom stereocenters. The number of carbonyl (C=O) groups excluding carboxylic acids is 1. The van der Waals surface area contributed by atoms with Crippen LogP contribution < -0.4 is 0 Å². The number of rotatable bonds is 14. The minimum atomic E-state index is -4.85. The topological polar surface area (TPSA) is 90.0 Å². The van der Waals surface area contributed by atoms with E-state index in [4.69, 9.17) is 0 Å². The predicted molar refractivity (Wildman–Crippen MR) is 122 cm³/mol. The second-order valence-corrected chi connectivity index (χ2v) is 9.95. The Hall–Kier alpha value is -0.900. The lowest BCUT2D eigenvalue weighted by Crippen LogP contribution is -2.50. The highest BCUT2D eigenvalue weighted by Gasteiger charge is 2.42. The number of quaternary nitrogens is 1. The first kappa shape index (κ1) is 28.1. The van der Waals surface area contributed by atoms with Gasteiger partial charge in [-0.1, -0.05) is 53.4 Å². The van der Waals surface area contributed by atoms with Crippen molar-refractivity contribution in [2.75, 3.05) is 39.3 Å². The molecule has 2 aliphatic heterocycles. The van der Waals surface area contributed by atoms with E-state index in [2.05, 4.69) is 32.0 Å². The van der Waals surface area contributed by atoms with E-state index < -0.39 is 16.4 Å². The van der Waals surface area contributed by atoms with Gasteiger partial charge in [0.05, 0.1) is 32.2 Å². The van der Waals surface area contributed by atoms with Gasteiger partial charge < -0.3 is 13.9 Å². The first-order chi connectivity index (χ1) is 14.7. The molecule has 0 unspecified atom stereocenters. The summed E-state index contributed by atoms with van der Waals surface area (Å²) in [6.07, 6.45) is 12.5. The zero-order valence-corrected chi connectivity index (χ0v) is 21.0. The number of piperidine rings is 1. The van der Waals surface area contributed by atoms with Gasteiger partial charge in [-0.2, -0.15) is 9.35 Å². The third-order valence-corrected chi connectivity index (χ3v) is 6.65. The molecule has 2 heterocycles. The van der Waals surface area contributed by atoms with Crippen LogP contribution in [0.5, 0.6) is 0 Å². The Kier molecular flexibility index (Phi) is 13.0. The minimum absolute atomic E-state index is 0.306. The Morgan fingerprint density at radius 1 is 0.935 bits per heavy atom. The number of carbonyl (C=O) groups is 1. The molecule has 8 nitrogen and oxygen atoms in total. The van der Waals surface area contributed by atoms with Gasteiger partial charge in [-0.15, -0.1) is 0 Å². The highest BCUT2D eigenvalue weighted by Crippen LogP contribution is 2.26. The smallest absolute Gasteiger partial charge is 0.345 e. The van der Waals surface area contributed by atoms with Crippen LogP contribution in [0.2, 0.25) is 0 Å². The maximum Gasteiger partial charge on any atom is 0.345 e. The third-order valence-electron chi connectivity index (χ3n) is 6.30. The van der Waals surface area contributed by atoms with Gasteiger partial charge in [0.2, 0.25) is 10.4 Å². The van der Waals surface area contributed by atoms with Crippen molar-refractivity contribution >= 4 is 16.4 Å². The molecule has 0 spiro atoms. The van der Waals surface area contributed by atoms with Gasteiger partial charge in [0.1, 0.15) is 0 Å².